The predicted molar refractivity (Wildman–Crippen MR) is 69.6 cm³/mol. The number of carbonyl (C=O) groups is 1. The van der Waals surface area contributed by atoms with Crippen molar-refractivity contribution in [1.29, 1.82) is 0 Å². The molecule has 1 aliphatic heterocycles. The van der Waals surface area contributed by atoms with Crippen LogP contribution in [0.2, 0.25) is 5.02 Å². The first-order valence-corrected chi connectivity index (χ1v) is 5.75. The van der Waals surface area contributed by atoms with E-state index >= 15 is 0 Å². The Hall–Kier alpha value is -1.94. The van der Waals surface area contributed by atoms with E-state index in [9.17, 15) is 9.90 Å². The van der Waals surface area contributed by atoms with Crippen LogP contribution in [0.15, 0.2) is 36.1 Å². The minimum Gasteiger partial charge on any atom is -0.506 e. The van der Waals surface area contributed by atoms with Gasteiger partial charge in [-0.2, -0.15) is 0 Å². The molecule has 0 spiro atoms. The lowest BCUT2D eigenvalue weighted by Gasteiger charge is -2.23. The van der Waals surface area contributed by atoms with Crippen LogP contribution < -0.4 is 5.73 Å². The summed E-state index contributed by atoms with van der Waals surface area (Å²) in [6, 6.07) is 7.29. The van der Waals surface area contributed by atoms with Crippen LogP contribution in [0.25, 0.3) is 5.57 Å². The molecule has 0 atom stereocenters. The minimum atomic E-state index is -0.470. The number of primary amides is 1. The number of nitrogens with two attached hydrogens (primary N) is 1. The van der Waals surface area contributed by atoms with Crippen LogP contribution in [0.1, 0.15) is 5.56 Å². The molecule has 4 nitrogen and oxygen atoms in total. The number of benzene rings is 1. The molecular formula is C13H12ClN2O2. The summed E-state index contributed by atoms with van der Waals surface area (Å²) in [5.41, 5.74) is 6.87. The molecule has 1 aromatic rings. The number of amides is 1. The quantitative estimate of drug-likeness (QED) is 0.873. The molecule has 0 bridgehead atoms. The highest BCUT2D eigenvalue weighted by molar-refractivity contribution is 6.30. The van der Waals surface area contributed by atoms with Gasteiger partial charge >= 0.3 is 0 Å². The normalized spacial score (nSPS) is 15.1. The first kappa shape index (κ1) is 12.5. The summed E-state index contributed by atoms with van der Waals surface area (Å²) in [6.45, 7) is 0.468. The lowest BCUT2D eigenvalue weighted by Crippen LogP contribution is -2.33. The summed E-state index contributed by atoms with van der Waals surface area (Å²) in [4.78, 5) is 12.4. The van der Waals surface area contributed by atoms with E-state index in [-0.39, 0.29) is 12.3 Å². The average Bonchev–Trinajstić information content (AvgIpc) is 2.27. The van der Waals surface area contributed by atoms with Gasteiger partial charge in [-0.1, -0.05) is 23.7 Å². The van der Waals surface area contributed by atoms with Crippen molar-refractivity contribution in [3.63, 3.8) is 0 Å². The maximum absolute atomic E-state index is 10.9. The third-order valence-electron chi connectivity index (χ3n) is 2.49. The zero-order valence-corrected chi connectivity index (χ0v) is 10.3. The standard InChI is InChI=1S/C13H12ClN2O2/c14-11-3-1-2-9(4-11)10-5-12(17)7-16(6-10)8-13(15)18/h1-5,17H,6,8H2,(H2,15,18). The molecule has 18 heavy (non-hydrogen) atoms. The Labute approximate surface area is 110 Å². The van der Waals surface area contributed by atoms with Crippen LogP contribution in [0, 0.1) is 6.20 Å². The summed E-state index contributed by atoms with van der Waals surface area (Å²) in [5.74, 6) is -0.500. The van der Waals surface area contributed by atoms with Crippen molar-refractivity contribution in [3.05, 3.63) is 52.9 Å². The molecule has 3 N–H and O–H groups in total. The van der Waals surface area contributed by atoms with Crippen molar-refractivity contribution in [2.75, 3.05) is 13.1 Å². The van der Waals surface area contributed by atoms with E-state index in [1.165, 1.54) is 4.90 Å². The highest BCUT2D eigenvalue weighted by Gasteiger charge is 2.15. The summed E-state index contributed by atoms with van der Waals surface area (Å²) >= 11 is 5.92. The van der Waals surface area contributed by atoms with Gasteiger partial charge in [0.05, 0.1) is 6.54 Å². The Morgan fingerprint density at radius 1 is 1.56 bits per heavy atom. The average molecular weight is 264 g/mol. The molecule has 1 aromatic carbocycles. The zero-order valence-electron chi connectivity index (χ0n) is 9.56. The maximum atomic E-state index is 10.9. The van der Waals surface area contributed by atoms with E-state index in [1.807, 2.05) is 12.1 Å². The molecule has 1 amide bonds. The van der Waals surface area contributed by atoms with Crippen LogP contribution in [0.3, 0.4) is 0 Å². The van der Waals surface area contributed by atoms with Crippen LogP contribution >= 0.6 is 11.6 Å². The maximum Gasteiger partial charge on any atom is 0.236 e. The molecule has 0 aliphatic carbocycles. The topological polar surface area (TPSA) is 66.6 Å². The molecule has 0 aromatic heterocycles. The fourth-order valence-corrected chi connectivity index (χ4v) is 1.99. The lowest BCUT2D eigenvalue weighted by molar-refractivity contribution is -0.118. The third-order valence-corrected chi connectivity index (χ3v) is 2.72. The number of hydrogen-bond donors (Lipinski definition) is 2. The van der Waals surface area contributed by atoms with Crippen molar-refractivity contribution < 1.29 is 9.90 Å². The number of allylic oxidation sites excluding steroid dienone is 1. The number of hydrogen-bond acceptors (Lipinski definition) is 3. The molecule has 0 saturated carbocycles. The second-order valence-corrected chi connectivity index (χ2v) is 4.44. The second-order valence-electron chi connectivity index (χ2n) is 4.00. The number of aliphatic hydroxyl groups excluding tert-OH is 1. The summed E-state index contributed by atoms with van der Waals surface area (Å²) in [7, 11) is 0. The fraction of sp³-hybridized carbons (Fsp3) is 0.154. The van der Waals surface area contributed by atoms with Crippen LogP contribution in [-0.4, -0.2) is 29.0 Å². The van der Waals surface area contributed by atoms with E-state index in [0.29, 0.717) is 11.6 Å². The highest BCUT2D eigenvalue weighted by atomic mass is 35.5. The van der Waals surface area contributed by atoms with Crippen LogP contribution in [-0.2, 0) is 4.79 Å². The third kappa shape index (κ3) is 3.05. The first-order valence-electron chi connectivity index (χ1n) is 5.37. The number of rotatable bonds is 3. The van der Waals surface area contributed by atoms with E-state index in [4.69, 9.17) is 17.3 Å². The Kier molecular flexibility index (Phi) is 3.58. The fourth-order valence-electron chi connectivity index (χ4n) is 1.80. The van der Waals surface area contributed by atoms with Gasteiger partial charge in [-0.15, -0.1) is 0 Å². The van der Waals surface area contributed by atoms with Gasteiger partial charge in [0.25, 0.3) is 0 Å². The second kappa shape index (κ2) is 5.14. The summed E-state index contributed by atoms with van der Waals surface area (Å²) in [5, 5.41) is 10.2. The van der Waals surface area contributed by atoms with E-state index < -0.39 is 5.91 Å². The molecule has 5 heteroatoms. The monoisotopic (exact) mass is 263 g/mol. The van der Waals surface area contributed by atoms with E-state index in [0.717, 1.165) is 11.1 Å². The van der Waals surface area contributed by atoms with Gasteiger partial charge in [0, 0.05) is 11.6 Å². The van der Waals surface area contributed by atoms with Gasteiger partial charge in [0.15, 0.2) is 0 Å². The van der Waals surface area contributed by atoms with E-state index in [1.54, 1.807) is 18.2 Å². The summed E-state index contributed by atoms with van der Waals surface area (Å²) < 4.78 is 0. The van der Waals surface area contributed by atoms with Crippen molar-refractivity contribution >= 4 is 23.1 Å². The molecule has 0 unspecified atom stereocenters. The Balaban J connectivity index is 2.24. The van der Waals surface area contributed by atoms with Gasteiger partial charge in [0.1, 0.15) is 12.0 Å². The Morgan fingerprint density at radius 2 is 2.33 bits per heavy atom. The van der Waals surface area contributed by atoms with Gasteiger partial charge in [-0.3, -0.25) is 4.79 Å². The van der Waals surface area contributed by atoms with Gasteiger partial charge in [0.2, 0.25) is 5.91 Å². The number of nitrogens with zero attached hydrogens (tertiary/aromatic N) is 1. The largest absolute Gasteiger partial charge is 0.506 e. The molecule has 1 radical (unpaired) electrons. The Morgan fingerprint density at radius 3 is 3.00 bits per heavy atom. The first-order chi connectivity index (χ1) is 8.54. The van der Waals surface area contributed by atoms with Crippen molar-refractivity contribution in [3.8, 4) is 0 Å². The number of aliphatic hydroxyl groups is 1. The molecule has 93 valence electrons. The van der Waals surface area contributed by atoms with Crippen LogP contribution in [0.5, 0.6) is 0 Å². The minimum absolute atomic E-state index is 0.0158. The SMILES string of the molecule is NC(=O)CN1[C]=C(O)C=C(c2cccc(Cl)c2)C1. The molecule has 0 saturated heterocycles. The van der Waals surface area contributed by atoms with Gasteiger partial charge < -0.3 is 15.7 Å². The smallest absolute Gasteiger partial charge is 0.236 e. The molecule has 1 aliphatic rings. The van der Waals surface area contributed by atoms with E-state index in [2.05, 4.69) is 6.20 Å². The molecular weight excluding hydrogens is 252 g/mol. The van der Waals surface area contributed by atoms with Crippen molar-refractivity contribution in [2.24, 2.45) is 5.73 Å². The number of carbonyl (C=O) groups excluding carboxylic acids is 1. The lowest BCUT2D eigenvalue weighted by atomic mass is 10.0. The molecule has 2 rings (SSSR count). The summed E-state index contributed by atoms with van der Waals surface area (Å²) in [6.07, 6.45) is 4.26. The molecule has 1 heterocycles. The molecule has 0 fully saturated rings. The zero-order chi connectivity index (χ0) is 13.1. The highest BCUT2D eigenvalue weighted by Crippen LogP contribution is 2.23. The van der Waals surface area contributed by atoms with Gasteiger partial charge in [-0.25, -0.2) is 0 Å². The van der Waals surface area contributed by atoms with Crippen LogP contribution in [0.4, 0.5) is 0 Å². The van der Waals surface area contributed by atoms with Gasteiger partial charge in [-0.05, 0) is 29.3 Å². The van der Waals surface area contributed by atoms with Crippen molar-refractivity contribution in [1.82, 2.24) is 4.90 Å². The Bertz CT molecular complexity index is 538. The number of halogens is 1. The van der Waals surface area contributed by atoms with Crippen molar-refractivity contribution in [2.45, 2.75) is 0 Å². The predicted octanol–water partition coefficient (Wildman–Crippen LogP) is 1.73.